The van der Waals surface area contributed by atoms with Gasteiger partial charge in [-0.05, 0) is 189 Å². The standard InChI is InChI=1S/C86H80N4O/c1-82(2,3)58-40-43-87-78(50-58)90-75-35-20-19-30-68(75)69-38-37-63(52-76(69)90)91-62-27-21-26-61(51-62)88-53-89-80-65(57-44-59(83(4,5)6)49-60(45-57)84(7,8)9)32-23-34-71(80)79-64(54-24-15-14-16-25-54)31-22-33-70(79)66-28-17-18-29-67(66)72-46-56(48-77(88)81(72)89)55-36-39-73-74(47-55)86(12,13)42-41-85(73,10)11/h14-40,43-52H,41-42H2,1-13H3/i10D3,11D3,12D3,13D3,14D,15D,16D,24D,25D,36D,39D,41D2,42D2,47D. The highest BCUT2D eigenvalue weighted by Crippen LogP contribution is 2.52. The fourth-order valence-corrected chi connectivity index (χ4v) is 12.9. The number of ether oxygens (including phenoxy) is 1. The molecule has 1 aliphatic heterocycles. The van der Waals surface area contributed by atoms with Gasteiger partial charge in [-0.1, -0.05) is 247 Å². The maximum Gasteiger partial charge on any atom is 0.269 e. The molecule has 0 radical (unpaired) electrons. The van der Waals surface area contributed by atoms with E-state index >= 15 is 0 Å². The molecular formula is C86H80N4O. The Bertz CT molecular complexity index is 6180. The Morgan fingerprint density at radius 1 is 0.495 bits per heavy atom. The van der Waals surface area contributed by atoms with E-state index in [0.29, 0.717) is 67.4 Å². The van der Waals surface area contributed by atoms with Gasteiger partial charge >= 0.3 is 0 Å². The molecule has 5 heteroatoms. The largest absolute Gasteiger partial charge is 0.458 e. The smallest absolute Gasteiger partial charge is 0.269 e. The molecule has 5 nitrogen and oxygen atoms in total. The molecule has 0 atom stereocenters. The Hall–Kier alpha value is -9.58. The van der Waals surface area contributed by atoms with Crippen molar-refractivity contribution in [1.82, 2.24) is 14.1 Å². The highest BCUT2D eigenvalue weighted by atomic mass is 16.5. The number of rotatable bonds is 7. The van der Waals surface area contributed by atoms with Crippen LogP contribution < -0.4 is 9.30 Å². The van der Waals surface area contributed by atoms with E-state index in [1.807, 2.05) is 77.4 Å². The topological polar surface area (TPSA) is 35.9 Å². The van der Waals surface area contributed by atoms with Crippen molar-refractivity contribution in [1.29, 1.82) is 0 Å². The van der Waals surface area contributed by atoms with Gasteiger partial charge < -0.3 is 4.74 Å². The molecule has 0 saturated carbocycles. The summed E-state index contributed by atoms with van der Waals surface area (Å²) in [7, 11) is 0. The van der Waals surface area contributed by atoms with Crippen molar-refractivity contribution >= 4 is 32.8 Å². The molecule has 0 bridgehead atoms. The summed E-state index contributed by atoms with van der Waals surface area (Å²) in [6, 6.07) is 45.1. The molecule has 0 amide bonds. The van der Waals surface area contributed by atoms with Gasteiger partial charge in [-0.25, -0.2) is 4.98 Å². The molecule has 2 aliphatic rings. The zero-order valence-corrected chi connectivity index (χ0v) is 51.9. The average molecular weight is 1210 g/mol. The Balaban J connectivity index is 1.12. The fourth-order valence-electron chi connectivity index (χ4n) is 12.9. The van der Waals surface area contributed by atoms with Crippen LogP contribution in [0.2, 0.25) is 0 Å². The maximum absolute atomic E-state index is 10.6. The van der Waals surface area contributed by atoms with Gasteiger partial charge in [0.2, 0.25) is 0 Å². The number of fused-ring (bicyclic) bond motifs is 11. The van der Waals surface area contributed by atoms with Crippen molar-refractivity contribution in [2.45, 2.75) is 130 Å². The van der Waals surface area contributed by atoms with E-state index in [9.17, 15) is 20.6 Å². The van der Waals surface area contributed by atoms with Gasteiger partial charge in [-0.2, -0.15) is 0 Å². The van der Waals surface area contributed by atoms with Crippen molar-refractivity contribution in [3.8, 4) is 95.5 Å². The molecule has 1 aliphatic carbocycles. The van der Waals surface area contributed by atoms with Crippen LogP contribution in [-0.4, -0.2) is 14.1 Å². The van der Waals surface area contributed by atoms with Gasteiger partial charge in [0.25, 0.3) is 6.33 Å². The number of para-hydroxylation sites is 2. The van der Waals surface area contributed by atoms with Crippen LogP contribution >= 0.6 is 0 Å². The lowest BCUT2D eigenvalue weighted by molar-refractivity contribution is -0.570. The molecule has 0 N–H and O–H groups in total. The number of benzene rings is 10. The fraction of sp³-hybridized carbons (Fsp3) is 0.233. The van der Waals surface area contributed by atoms with Crippen LogP contribution in [0.25, 0.3) is 117 Å². The van der Waals surface area contributed by atoms with E-state index in [2.05, 4.69) is 97.5 Å². The Kier molecular flexibility index (Phi) is 8.52. The number of hydrogen-bond donors (Lipinski definition) is 0. The van der Waals surface area contributed by atoms with E-state index < -0.39 is 127 Å². The zero-order chi connectivity index (χ0) is 83.6. The second kappa shape index (κ2) is 21.0. The Morgan fingerprint density at radius 2 is 1.13 bits per heavy atom. The molecule has 0 spiro atoms. The summed E-state index contributed by atoms with van der Waals surface area (Å²) >= 11 is 0. The highest BCUT2D eigenvalue weighted by Gasteiger charge is 2.38. The van der Waals surface area contributed by atoms with Crippen molar-refractivity contribution in [3.05, 3.63) is 259 Å². The van der Waals surface area contributed by atoms with Gasteiger partial charge in [-0.3, -0.25) is 13.7 Å². The molecule has 10 aromatic carbocycles. The summed E-state index contributed by atoms with van der Waals surface area (Å²) in [5.41, 5.74) is -4.72. The van der Waals surface area contributed by atoms with Crippen LogP contribution in [0.4, 0.5) is 0 Å². The first-order valence-corrected chi connectivity index (χ1v) is 30.4. The third-order valence-corrected chi connectivity index (χ3v) is 17.7. The molecule has 91 heavy (non-hydrogen) atoms. The van der Waals surface area contributed by atoms with Gasteiger partial charge in [-0.15, -0.1) is 0 Å². The first kappa shape index (κ1) is 36.9. The van der Waals surface area contributed by atoms with E-state index in [1.54, 1.807) is 71.4 Å². The molecule has 0 saturated heterocycles. The first-order valence-electron chi connectivity index (χ1n) is 42.4. The lowest BCUT2D eigenvalue weighted by atomic mass is 9.63. The zero-order valence-electron chi connectivity index (χ0n) is 75.9. The van der Waals surface area contributed by atoms with E-state index in [1.165, 1.54) is 12.1 Å². The van der Waals surface area contributed by atoms with Crippen LogP contribution in [0, 0.1) is 6.33 Å². The molecule has 13 aromatic rings. The summed E-state index contributed by atoms with van der Waals surface area (Å²) in [5, 5.41) is 1.88. The van der Waals surface area contributed by atoms with Gasteiger partial charge in [0.05, 0.1) is 44.4 Å². The minimum absolute atomic E-state index is 0.130. The monoisotopic (exact) mass is 1210 g/mol. The number of nitrogens with zero attached hydrogens (tertiary/aromatic N) is 4. The van der Waals surface area contributed by atoms with Gasteiger partial charge in [0.15, 0.2) is 0 Å². The van der Waals surface area contributed by atoms with Crippen LogP contribution in [0.15, 0.2) is 224 Å². The minimum atomic E-state index is -4.60. The molecule has 0 fully saturated rings. The van der Waals surface area contributed by atoms with E-state index in [-0.39, 0.29) is 38.9 Å². The van der Waals surface area contributed by atoms with Crippen LogP contribution in [0.1, 0.15) is 163 Å². The quantitative estimate of drug-likeness (QED) is 0.118. The van der Waals surface area contributed by atoms with E-state index in [4.69, 9.17) is 22.1 Å². The molecule has 15 rings (SSSR count). The molecular weight excluding hydrogens is 1100 g/mol. The van der Waals surface area contributed by atoms with Crippen molar-refractivity contribution in [2.24, 2.45) is 0 Å². The van der Waals surface area contributed by atoms with Crippen LogP contribution in [0.5, 0.6) is 11.5 Å². The number of pyridine rings is 1. The SMILES string of the molecule is [2H]c1c([2H])c([2H])c(-c2cccc3c2-c2cccc(-c4cc(C(C)(C)C)cc(C(C)(C)C)c4)c2-[n+]2[c-]n(-c4cccc(Oc5ccc6c7ccccc7n(-c7cc(C(C)(C)C)ccn7)c6c5)c4)c4cc(-c5c([2H])c([2H])c6c(c5[2H])C(C([2H])([2H])[2H])(C([2H])([2H])[2H])C([2H])([2H])C([2H])([2H])C6(C([2H])([2H])[2H])C([2H])([2H])[2H])cc(c42)-c2ccccc2-3)c([2H])c1[2H]. The summed E-state index contributed by atoms with van der Waals surface area (Å²) < 4.78 is 238. The predicted molar refractivity (Wildman–Crippen MR) is 380 cm³/mol. The number of aromatic nitrogens is 4. The van der Waals surface area contributed by atoms with E-state index in [0.717, 1.165) is 38.5 Å². The predicted octanol–water partition coefficient (Wildman–Crippen LogP) is 22.5. The maximum atomic E-state index is 10.6. The first-order chi connectivity index (χ1) is 53.4. The lowest BCUT2D eigenvalue weighted by Gasteiger charge is -2.42. The average Bonchev–Trinajstić information content (AvgIpc) is 1.42. The second-order valence-electron chi connectivity index (χ2n) is 27.0. The molecule has 450 valence electrons. The number of imidazole rings is 1. The minimum Gasteiger partial charge on any atom is -0.458 e. The van der Waals surface area contributed by atoms with Crippen LogP contribution in [-0.2, 0) is 27.1 Å². The van der Waals surface area contributed by atoms with Crippen molar-refractivity contribution in [3.63, 3.8) is 0 Å². The molecule has 0 unspecified atom stereocenters. The highest BCUT2D eigenvalue weighted by molar-refractivity contribution is 6.10. The summed E-state index contributed by atoms with van der Waals surface area (Å²) in [6.45, 7) is 1.74. The lowest BCUT2D eigenvalue weighted by Crippen LogP contribution is -2.33. The Morgan fingerprint density at radius 3 is 1.87 bits per heavy atom. The third kappa shape index (κ3) is 9.91. The Labute approximate surface area is 571 Å². The summed E-state index contributed by atoms with van der Waals surface area (Å²) in [5.74, 6) is 1.37. The normalized spacial score (nSPS) is 19.8. The molecule has 4 heterocycles. The summed E-state index contributed by atoms with van der Waals surface area (Å²) in [4.78, 5) is 4.89. The summed E-state index contributed by atoms with van der Waals surface area (Å²) in [6.07, 6.45) is -3.65. The number of hydrogen-bond acceptors (Lipinski definition) is 2. The van der Waals surface area contributed by atoms with Gasteiger partial charge in [0.1, 0.15) is 17.3 Å². The van der Waals surface area contributed by atoms with Gasteiger partial charge in [0, 0.05) is 45.0 Å². The second-order valence-corrected chi connectivity index (χ2v) is 27.0. The van der Waals surface area contributed by atoms with Crippen LogP contribution in [0.3, 0.4) is 0 Å². The van der Waals surface area contributed by atoms with Crippen molar-refractivity contribution in [2.75, 3.05) is 0 Å². The molecule has 3 aromatic heterocycles. The van der Waals surface area contributed by atoms with Crippen molar-refractivity contribution < 1.29 is 42.2 Å². The third-order valence-electron chi connectivity index (χ3n) is 17.7.